The zero-order chi connectivity index (χ0) is 19.4. The fourth-order valence-corrected chi connectivity index (χ4v) is 4.01. The Balaban J connectivity index is 1.76. The summed E-state index contributed by atoms with van der Waals surface area (Å²) in [4.78, 5) is 21.7. The van der Waals surface area contributed by atoms with Crippen LogP contribution in [0.5, 0.6) is 0 Å². The third-order valence-electron chi connectivity index (χ3n) is 4.67. The summed E-state index contributed by atoms with van der Waals surface area (Å²) in [6, 6.07) is 6.07. The fraction of sp³-hybridized carbons (Fsp3) is 0.158. The van der Waals surface area contributed by atoms with Gasteiger partial charge in [-0.2, -0.15) is 5.10 Å². The molecule has 0 saturated carbocycles. The molecule has 9 heteroatoms. The minimum Gasteiger partial charge on any atom is -0.364 e. The Labute approximate surface area is 163 Å². The molecule has 5 rings (SSSR count). The molecule has 5 heterocycles. The second kappa shape index (κ2) is 6.03. The van der Waals surface area contributed by atoms with Gasteiger partial charge < -0.3 is 5.73 Å². The van der Waals surface area contributed by atoms with Crippen LogP contribution in [-0.4, -0.2) is 34.5 Å². The number of carbonyl (C=O) groups excluding carboxylic acids is 1. The van der Waals surface area contributed by atoms with Crippen molar-refractivity contribution in [1.82, 2.24) is 28.5 Å². The Bertz CT molecular complexity index is 1340. The first-order valence-electron chi connectivity index (χ1n) is 8.81. The van der Waals surface area contributed by atoms with Crippen LogP contribution in [0.15, 0.2) is 48.4 Å². The number of pyridine rings is 1. The summed E-state index contributed by atoms with van der Waals surface area (Å²) >= 11 is 1.56. The summed E-state index contributed by atoms with van der Waals surface area (Å²) < 4.78 is 5.66. The third-order valence-corrected chi connectivity index (χ3v) is 5.43. The highest BCUT2D eigenvalue weighted by molar-refractivity contribution is 7.15. The first kappa shape index (κ1) is 16.7. The second-order valence-corrected chi connectivity index (χ2v) is 7.67. The van der Waals surface area contributed by atoms with Gasteiger partial charge in [0.05, 0.1) is 11.9 Å². The molecule has 0 spiro atoms. The zero-order valence-corrected chi connectivity index (χ0v) is 16.1. The molecule has 0 fully saturated rings. The van der Waals surface area contributed by atoms with Crippen molar-refractivity contribution in [2.45, 2.75) is 19.9 Å². The maximum absolute atomic E-state index is 11.7. The molecule has 0 aliphatic heterocycles. The highest BCUT2D eigenvalue weighted by Crippen LogP contribution is 2.34. The van der Waals surface area contributed by atoms with Crippen molar-refractivity contribution in [2.24, 2.45) is 5.73 Å². The lowest BCUT2D eigenvalue weighted by molar-refractivity contribution is 0.0995. The number of primary amides is 1. The molecule has 5 aromatic heterocycles. The van der Waals surface area contributed by atoms with E-state index in [0.29, 0.717) is 11.3 Å². The van der Waals surface area contributed by atoms with Crippen molar-refractivity contribution in [2.75, 3.05) is 0 Å². The van der Waals surface area contributed by atoms with E-state index in [1.807, 2.05) is 51.3 Å². The van der Waals surface area contributed by atoms with E-state index < -0.39 is 5.91 Å². The van der Waals surface area contributed by atoms with Gasteiger partial charge in [0, 0.05) is 35.6 Å². The van der Waals surface area contributed by atoms with Crippen molar-refractivity contribution in [3.63, 3.8) is 0 Å². The molecule has 5 aromatic rings. The van der Waals surface area contributed by atoms with Crippen LogP contribution in [-0.2, 0) is 0 Å². The molecule has 140 valence electrons. The molecule has 0 radical (unpaired) electrons. The lowest BCUT2D eigenvalue weighted by Gasteiger charge is -2.06. The SMILES string of the molecule is CC(C)n1ccc(-c2nc3sccn3c2-c2ccc3ncc(C(N)=O)n3c2)n1. The van der Waals surface area contributed by atoms with Crippen LogP contribution >= 0.6 is 11.3 Å². The summed E-state index contributed by atoms with van der Waals surface area (Å²) in [6.45, 7) is 4.17. The van der Waals surface area contributed by atoms with Gasteiger partial charge >= 0.3 is 0 Å². The van der Waals surface area contributed by atoms with Gasteiger partial charge in [0.2, 0.25) is 0 Å². The van der Waals surface area contributed by atoms with Gasteiger partial charge in [0.1, 0.15) is 22.7 Å². The van der Waals surface area contributed by atoms with Crippen LogP contribution in [0.25, 0.3) is 33.3 Å². The molecule has 1 amide bonds. The first-order chi connectivity index (χ1) is 13.5. The maximum Gasteiger partial charge on any atom is 0.267 e. The van der Waals surface area contributed by atoms with Crippen LogP contribution in [0.4, 0.5) is 0 Å². The highest BCUT2D eigenvalue weighted by atomic mass is 32.1. The average molecular weight is 391 g/mol. The van der Waals surface area contributed by atoms with E-state index in [9.17, 15) is 4.79 Å². The molecule has 0 atom stereocenters. The first-order valence-corrected chi connectivity index (χ1v) is 9.69. The quantitative estimate of drug-likeness (QED) is 0.509. The number of rotatable bonds is 4. The molecule has 0 aromatic carbocycles. The highest BCUT2D eigenvalue weighted by Gasteiger charge is 2.20. The molecule has 0 bridgehead atoms. The predicted molar refractivity (Wildman–Crippen MR) is 107 cm³/mol. The Morgan fingerprint density at radius 3 is 2.79 bits per heavy atom. The van der Waals surface area contributed by atoms with E-state index in [1.54, 1.807) is 15.7 Å². The summed E-state index contributed by atoms with van der Waals surface area (Å²) in [6.07, 6.45) is 7.30. The van der Waals surface area contributed by atoms with Crippen LogP contribution in [0.1, 0.15) is 30.4 Å². The van der Waals surface area contributed by atoms with E-state index in [4.69, 9.17) is 15.8 Å². The second-order valence-electron chi connectivity index (χ2n) is 6.79. The van der Waals surface area contributed by atoms with E-state index in [-0.39, 0.29) is 6.04 Å². The molecule has 28 heavy (non-hydrogen) atoms. The molecule has 0 aliphatic carbocycles. The monoisotopic (exact) mass is 391 g/mol. The van der Waals surface area contributed by atoms with Gasteiger partial charge in [-0.1, -0.05) is 0 Å². The summed E-state index contributed by atoms with van der Waals surface area (Å²) in [5.41, 5.74) is 9.91. The number of hydrogen-bond donors (Lipinski definition) is 1. The minimum absolute atomic E-state index is 0.265. The normalized spacial score (nSPS) is 11.8. The number of aromatic nitrogens is 6. The predicted octanol–water partition coefficient (Wildman–Crippen LogP) is 3.25. The number of imidazole rings is 2. The van der Waals surface area contributed by atoms with Gasteiger partial charge in [-0.25, -0.2) is 9.97 Å². The summed E-state index contributed by atoms with van der Waals surface area (Å²) in [5, 5.41) is 6.68. The Hall–Kier alpha value is -3.46. The van der Waals surface area contributed by atoms with Crippen molar-refractivity contribution in [1.29, 1.82) is 0 Å². The minimum atomic E-state index is -0.519. The van der Waals surface area contributed by atoms with E-state index in [1.165, 1.54) is 6.20 Å². The number of nitrogens with two attached hydrogens (primary N) is 1. The van der Waals surface area contributed by atoms with Crippen LogP contribution < -0.4 is 5.73 Å². The number of carbonyl (C=O) groups is 1. The Morgan fingerprint density at radius 1 is 1.18 bits per heavy atom. The largest absolute Gasteiger partial charge is 0.364 e. The van der Waals surface area contributed by atoms with Gasteiger partial charge in [-0.3, -0.25) is 18.3 Å². The molecule has 2 N–H and O–H groups in total. The van der Waals surface area contributed by atoms with Crippen molar-refractivity contribution in [3.05, 3.63) is 54.1 Å². The molecule has 0 unspecified atom stereocenters. The van der Waals surface area contributed by atoms with Crippen LogP contribution in [0.2, 0.25) is 0 Å². The number of fused-ring (bicyclic) bond motifs is 2. The topological polar surface area (TPSA) is 95.5 Å². The number of nitrogens with zero attached hydrogens (tertiary/aromatic N) is 6. The van der Waals surface area contributed by atoms with Gasteiger partial charge in [-0.15, -0.1) is 11.3 Å². The molecule has 0 aliphatic rings. The molecular formula is C19H17N7OS. The number of thiazole rings is 1. The third kappa shape index (κ3) is 2.43. The van der Waals surface area contributed by atoms with Gasteiger partial charge in [0.15, 0.2) is 4.96 Å². The smallest absolute Gasteiger partial charge is 0.267 e. The Morgan fingerprint density at radius 2 is 2.04 bits per heavy atom. The molecule has 0 saturated heterocycles. The lowest BCUT2D eigenvalue weighted by Crippen LogP contribution is -2.13. The van der Waals surface area contributed by atoms with Crippen molar-refractivity contribution >= 4 is 27.9 Å². The number of amides is 1. The van der Waals surface area contributed by atoms with Crippen molar-refractivity contribution in [3.8, 4) is 22.6 Å². The fourth-order valence-electron chi connectivity index (χ4n) is 3.30. The van der Waals surface area contributed by atoms with E-state index in [2.05, 4.69) is 18.8 Å². The summed E-state index contributed by atoms with van der Waals surface area (Å²) in [7, 11) is 0. The van der Waals surface area contributed by atoms with E-state index in [0.717, 1.165) is 27.6 Å². The van der Waals surface area contributed by atoms with Crippen molar-refractivity contribution < 1.29 is 4.79 Å². The van der Waals surface area contributed by atoms with Crippen LogP contribution in [0, 0.1) is 0 Å². The van der Waals surface area contributed by atoms with Crippen LogP contribution in [0.3, 0.4) is 0 Å². The Kier molecular flexibility index (Phi) is 3.59. The average Bonchev–Trinajstić information content (AvgIpc) is 3.41. The lowest BCUT2D eigenvalue weighted by atomic mass is 10.1. The maximum atomic E-state index is 11.7. The van der Waals surface area contributed by atoms with E-state index >= 15 is 0 Å². The molecular weight excluding hydrogens is 374 g/mol. The summed E-state index contributed by atoms with van der Waals surface area (Å²) in [5.74, 6) is -0.519. The standard InChI is InChI=1S/C19H17N7OS/c1-11(2)26-6-5-13(23-26)16-17(24-7-8-28-19(24)22-16)12-3-4-15-21-9-14(18(20)27)25(15)10-12/h3-11H,1-2H3,(H2,20,27). The van der Waals surface area contributed by atoms with Gasteiger partial charge in [-0.05, 0) is 32.0 Å². The van der Waals surface area contributed by atoms with Gasteiger partial charge in [0.25, 0.3) is 5.91 Å². The number of hydrogen-bond acceptors (Lipinski definition) is 5. The zero-order valence-electron chi connectivity index (χ0n) is 15.3. The molecule has 8 nitrogen and oxygen atoms in total.